The molecule has 2 fully saturated rings. The van der Waals surface area contributed by atoms with Crippen LogP contribution in [0.4, 0.5) is 0 Å². The summed E-state index contributed by atoms with van der Waals surface area (Å²) in [6, 6.07) is 6.76. The standard InChI is InChI=1S/C19H24N2O2S/c1-12-3-4-13(2)20(12)19-17(7-8-24-19)18(23)21-15-5-6-16(21)10-14(9-15)11-22/h3-4,7-8,14-16,22H,5-6,9-11H2,1-2H3. The molecule has 1 amide bonds. The normalized spacial score (nSPS) is 26.1. The van der Waals surface area contributed by atoms with Crippen LogP contribution in [0, 0.1) is 19.8 Å². The number of hydrogen-bond donors (Lipinski definition) is 1. The van der Waals surface area contributed by atoms with E-state index in [2.05, 4.69) is 35.4 Å². The Bertz CT molecular complexity index is 730. The van der Waals surface area contributed by atoms with Crippen molar-refractivity contribution in [1.82, 2.24) is 9.47 Å². The molecule has 4 rings (SSSR count). The molecule has 2 aromatic rings. The Morgan fingerprint density at radius 3 is 2.38 bits per heavy atom. The first-order chi connectivity index (χ1) is 11.6. The lowest BCUT2D eigenvalue weighted by Crippen LogP contribution is -2.47. The van der Waals surface area contributed by atoms with Crippen molar-refractivity contribution >= 4 is 17.2 Å². The predicted octanol–water partition coefficient (Wildman–Crippen LogP) is 3.53. The molecule has 2 bridgehead atoms. The first kappa shape index (κ1) is 15.9. The van der Waals surface area contributed by atoms with Gasteiger partial charge in [-0.1, -0.05) is 0 Å². The van der Waals surface area contributed by atoms with Gasteiger partial charge in [0.25, 0.3) is 5.91 Å². The Morgan fingerprint density at radius 1 is 1.17 bits per heavy atom. The van der Waals surface area contributed by atoms with Gasteiger partial charge < -0.3 is 14.6 Å². The van der Waals surface area contributed by atoms with Crippen LogP contribution in [0.15, 0.2) is 23.6 Å². The summed E-state index contributed by atoms with van der Waals surface area (Å²) in [5, 5.41) is 12.5. The second-order valence-electron chi connectivity index (χ2n) is 7.21. The van der Waals surface area contributed by atoms with Gasteiger partial charge in [0.15, 0.2) is 0 Å². The fraction of sp³-hybridized carbons (Fsp3) is 0.526. The van der Waals surface area contributed by atoms with Gasteiger partial charge in [-0.2, -0.15) is 0 Å². The van der Waals surface area contributed by atoms with Gasteiger partial charge >= 0.3 is 0 Å². The molecular weight excluding hydrogens is 320 g/mol. The van der Waals surface area contributed by atoms with Crippen molar-refractivity contribution < 1.29 is 9.90 Å². The van der Waals surface area contributed by atoms with E-state index in [1.165, 1.54) is 0 Å². The third-order valence-corrected chi connectivity index (χ3v) is 6.57. The second-order valence-corrected chi connectivity index (χ2v) is 8.10. The van der Waals surface area contributed by atoms with Gasteiger partial charge in [-0.15, -0.1) is 11.3 Å². The van der Waals surface area contributed by atoms with E-state index in [-0.39, 0.29) is 12.5 Å². The highest BCUT2D eigenvalue weighted by Gasteiger charge is 2.43. The summed E-state index contributed by atoms with van der Waals surface area (Å²) in [6.45, 7) is 4.41. The van der Waals surface area contributed by atoms with Gasteiger partial charge in [-0.25, -0.2) is 0 Å². The monoisotopic (exact) mass is 344 g/mol. The van der Waals surface area contributed by atoms with Gasteiger partial charge in [0.05, 0.1) is 5.56 Å². The van der Waals surface area contributed by atoms with Crippen LogP contribution in [-0.4, -0.2) is 39.2 Å². The number of fused-ring (bicyclic) bond motifs is 2. The Labute approximate surface area is 146 Å². The highest BCUT2D eigenvalue weighted by molar-refractivity contribution is 7.13. The molecule has 2 saturated heterocycles. The number of aromatic nitrogens is 1. The van der Waals surface area contributed by atoms with Crippen LogP contribution in [0.25, 0.3) is 5.00 Å². The first-order valence-corrected chi connectivity index (χ1v) is 9.64. The SMILES string of the molecule is Cc1ccc(C)n1-c1sccc1C(=O)N1C2CCC1CC(CO)C2. The van der Waals surface area contributed by atoms with Gasteiger partial charge in [-0.3, -0.25) is 4.79 Å². The first-order valence-electron chi connectivity index (χ1n) is 8.76. The summed E-state index contributed by atoms with van der Waals surface area (Å²) in [5.41, 5.74) is 3.14. The number of nitrogens with zero attached hydrogens (tertiary/aromatic N) is 2. The molecule has 24 heavy (non-hydrogen) atoms. The lowest BCUT2D eigenvalue weighted by Gasteiger charge is -2.38. The summed E-state index contributed by atoms with van der Waals surface area (Å²) in [7, 11) is 0. The quantitative estimate of drug-likeness (QED) is 0.926. The Kier molecular flexibility index (Phi) is 4.01. The molecule has 128 valence electrons. The van der Waals surface area contributed by atoms with Crippen LogP contribution in [0.2, 0.25) is 0 Å². The summed E-state index contributed by atoms with van der Waals surface area (Å²) in [6.07, 6.45) is 4.04. The largest absolute Gasteiger partial charge is 0.396 e. The predicted molar refractivity (Wildman–Crippen MR) is 95.9 cm³/mol. The molecule has 1 N–H and O–H groups in total. The molecule has 0 spiro atoms. The molecule has 2 aliphatic rings. The third kappa shape index (κ3) is 2.42. The van der Waals surface area contributed by atoms with Crippen molar-refractivity contribution in [2.75, 3.05) is 6.61 Å². The van der Waals surface area contributed by atoms with Crippen molar-refractivity contribution in [3.63, 3.8) is 0 Å². The summed E-state index contributed by atoms with van der Waals surface area (Å²) in [4.78, 5) is 15.4. The minimum atomic E-state index is 0.169. The number of aliphatic hydroxyl groups excluding tert-OH is 1. The fourth-order valence-electron chi connectivity index (χ4n) is 4.54. The van der Waals surface area contributed by atoms with Crippen molar-refractivity contribution in [2.24, 2.45) is 5.92 Å². The molecule has 2 atom stereocenters. The summed E-state index contributed by atoms with van der Waals surface area (Å²) >= 11 is 1.63. The van der Waals surface area contributed by atoms with Gasteiger partial charge in [0.2, 0.25) is 0 Å². The Balaban J connectivity index is 1.67. The van der Waals surface area contributed by atoms with Crippen molar-refractivity contribution in [3.8, 4) is 5.00 Å². The average molecular weight is 344 g/mol. The Morgan fingerprint density at radius 2 is 1.79 bits per heavy atom. The topological polar surface area (TPSA) is 45.5 Å². The van der Waals surface area contributed by atoms with Crippen LogP contribution in [0.5, 0.6) is 0 Å². The molecule has 2 unspecified atom stereocenters. The average Bonchev–Trinajstić information content (AvgIpc) is 3.24. The number of thiophene rings is 1. The number of carbonyl (C=O) groups excluding carboxylic acids is 1. The van der Waals surface area contributed by atoms with E-state index in [9.17, 15) is 9.90 Å². The second kappa shape index (κ2) is 6.05. The highest BCUT2D eigenvalue weighted by Crippen LogP contribution is 2.40. The van der Waals surface area contributed by atoms with Gasteiger partial charge in [0, 0.05) is 30.1 Å². The molecule has 0 radical (unpaired) electrons. The maximum atomic E-state index is 13.3. The summed E-state index contributed by atoms with van der Waals surface area (Å²) < 4.78 is 2.18. The number of rotatable bonds is 3. The van der Waals surface area contributed by atoms with Gasteiger partial charge in [0.1, 0.15) is 5.00 Å². The van der Waals surface area contributed by atoms with Gasteiger partial charge in [-0.05, 0) is 69.0 Å². The minimum absolute atomic E-state index is 0.169. The van der Waals surface area contributed by atoms with Crippen molar-refractivity contribution in [2.45, 2.75) is 51.6 Å². The molecule has 2 aliphatic heterocycles. The number of aryl methyl sites for hydroxylation is 2. The lowest BCUT2D eigenvalue weighted by molar-refractivity contribution is 0.0454. The van der Waals surface area contributed by atoms with E-state index < -0.39 is 0 Å². The molecule has 5 heteroatoms. The highest BCUT2D eigenvalue weighted by atomic mass is 32.1. The van der Waals surface area contributed by atoms with E-state index in [0.717, 1.165) is 47.6 Å². The summed E-state index contributed by atoms with van der Waals surface area (Å²) in [5.74, 6) is 0.532. The number of aliphatic hydroxyl groups is 1. The fourth-order valence-corrected chi connectivity index (χ4v) is 5.54. The van der Waals surface area contributed by atoms with Crippen molar-refractivity contribution in [3.05, 3.63) is 40.5 Å². The van der Waals surface area contributed by atoms with E-state index in [4.69, 9.17) is 0 Å². The van der Waals surface area contributed by atoms with Crippen LogP contribution in [0.1, 0.15) is 47.4 Å². The van der Waals surface area contributed by atoms with Crippen molar-refractivity contribution in [1.29, 1.82) is 0 Å². The van der Waals surface area contributed by atoms with Crippen LogP contribution in [-0.2, 0) is 0 Å². The molecule has 2 aromatic heterocycles. The van der Waals surface area contributed by atoms with Crippen LogP contribution >= 0.6 is 11.3 Å². The number of hydrogen-bond acceptors (Lipinski definition) is 3. The number of piperidine rings is 1. The zero-order valence-corrected chi connectivity index (χ0v) is 15.1. The molecule has 4 nitrogen and oxygen atoms in total. The molecular formula is C19H24N2O2S. The van der Waals surface area contributed by atoms with Crippen LogP contribution in [0.3, 0.4) is 0 Å². The Hall–Kier alpha value is -1.59. The zero-order chi connectivity index (χ0) is 16.8. The maximum Gasteiger partial charge on any atom is 0.257 e. The zero-order valence-electron chi connectivity index (χ0n) is 14.2. The molecule has 4 heterocycles. The van der Waals surface area contributed by atoms with E-state index in [1.54, 1.807) is 11.3 Å². The third-order valence-electron chi connectivity index (χ3n) is 5.67. The van der Waals surface area contributed by atoms with E-state index >= 15 is 0 Å². The maximum absolute atomic E-state index is 13.3. The minimum Gasteiger partial charge on any atom is -0.396 e. The molecule has 0 saturated carbocycles. The molecule has 0 aromatic carbocycles. The molecule has 0 aliphatic carbocycles. The van der Waals surface area contributed by atoms with Crippen LogP contribution < -0.4 is 0 Å². The van der Waals surface area contributed by atoms with E-state index in [1.807, 2.05) is 11.4 Å². The van der Waals surface area contributed by atoms with E-state index in [0.29, 0.717) is 18.0 Å². The lowest BCUT2D eigenvalue weighted by atomic mass is 9.91. The number of carbonyl (C=O) groups is 1. The number of amides is 1. The smallest absolute Gasteiger partial charge is 0.257 e.